The summed E-state index contributed by atoms with van der Waals surface area (Å²) in [6.07, 6.45) is 0. The SMILES string of the molecule is CC(=O)Nc1ccccc1OCC(=O)NCC(=O)Nc1ccc(F)c(F)c1. The molecule has 2 aromatic carbocycles. The van der Waals surface area contributed by atoms with Crippen LogP contribution in [0, 0.1) is 11.6 Å². The highest BCUT2D eigenvalue weighted by Crippen LogP contribution is 2.23. The highest BCUT2D eigenvalue weighted by molar-refractivity contribution is 5.94. The molecule has 27 heavy (non-hydrogen) atoms. The molecule has 9 heteroatoms. The summed E-state index contributed by atoms with van der Waals surface area (Å²) < 4.78 is 31.2. The Morgan fingerprint density at radius 2 is 1.70 bits per heavy atom. The Morgan fingerprint density at radius 3 is 2.41 bits per heavy atom. The van der Waals surface area contributed by atoms with Gasteiger partial charge in [-0.05, 0) is 24.3 Å². The van der Waals surface area contributed by atoms with Crippen molar-refractivity contribution in [3.05, 3.63) is 54.1 Å². The molecule has 2 aromatic rings. The summed E-state index contributed by atoms with van der Waals surface area (Å²) in [6.45, 7) is 0.582. The van der Waals surface area contributed by atoms with E-state index in [9.17, 15) is 23.2 Å². The van der Waals surface area contributed by atoms with E-state index in [1.165, 1.54) is 13.0 Å². The van der Waals surface area contributed by atoms with Gasteiger partial charge in [0.25, 0.3) is 5.91 Å². The van der Waals surface area contributed by atoms with Gasteiger partial charge >= 0.3 is 0 Å². The fraction of sp³-hybridized carbons (Fsp3) is 0.167. The molecule has 0 bridgehead atoms. The van der Waals surface area contributed by atoms with Gasteiger partial charge in [0.1, 0.15) is 5.75 Å². The molecule has 0 spiro atoms. The highest BCUT2D eigenvalue weighted by Gasteiger charge is 2.10. The Morgan fingerprint density at radius 1 is 0.963 bits per heavy atom. The summed E-state index contributed by atoms with van der Waals surface area (Å²) in [5, 5.41) is 7.22. The number of anilines is 2. The maximum Gasteiger partial charge on any atom is 0.258 e. The molecule has 0 aliphatic rings. The van der Waals surface area contributed by atoms with E-state index in [1.54, 1.807) is 24.3 Å². The Kier molecular flexibility index (Phi) is 6.81. The van der Waals surface area contributed by atoms with E-state index < -0.39 is 23.4 Å². The van der Waals surface area contributed by atoms with E-state index in [4.69, 9.17) is 4.74 Å². The molecular weight excluding hydrogens is 360 g/mol. The predicted molar refractivity (Wildman–Crippen MR) is 94.2 cm³/mol. The lowest BCUT2D eigenvalue weighted by Gasteiger charge is -2.11. The second kappa shape index (κ2) is 9.27. The zero-order valence-electron chi connectivity index (χ0n) is 14.3. The first-order valence-corrected chi connectivity index (χ1v) is 7.86. The molecule has 7 nitrogen and oxygen atoms in total. The number of para-hydroxylation sites is 2. The van der Waals surface area contributed by atoms with Crippen LogP contribution in [0.1, 0.15) is 6.92 Å². The molecule has 0 saturated carbocycles. The fourth-order valence-electron chi connectivity index (χ4n) is 2.04. The Balaban J connectivity index is 1.80. The number of carbonyl (C=O) groups is 3. The monoisotopic (exact) mass is 377 g/mol. The van der Waals surface area contributed by atoms with Crippen molar-refractivity contribution in [3.63, 3.8) is 0 Å². The third kappa shape index (κ3) is 6.38. The topological polar surface area (TPSA) is 96.5 Å². The molecule has 0 aromatic heterocycles. The van der Waals surface area contributed by atoms with Gasteiger partial charge < -0.3 is 20.7 Å². The van der Waals surface area contributed by atoms with Gasteiger partial charge in [0.15, 0.2) is 18.2 Å². The molecule has 0 atom stereocenters. The molecule has 0 radical (unpaired) electrons. The summed E-state index contributed by atoms with van der Waals surface area (Å²) in [4.78, 5) is 34.7. The van der Waals surface area contributed by atoms with Crippen LogP contribution in [-0.2, 0) is 14.4 Å². The van der Waals surface area contributed by atoms with Gasteiger partial charge in [-0.3, -0.25) is 14.4 Å². The van der Waals surface area contributed by atoms with E-state index >= 15 is 0 Å². The summed E-state index contributed by atoms with van der Waals surface area (Å²) in [5.41, 5.74) is 0.475. The van der Waals surface area contributed by atoms with Gasteiger partial charge in [-0.25, -0.2) is 8.78 Å². The molecule has 0 fully saturated rings. The lowest BCUT2D eigenvalue weighted by molar-refractivity contribution is -0.125. The quantitative estimate of drug-likeness (QED) is 0.688. The molecule has 0 unspecified atom stereocenters. The molecule has 3 N–H and O–H groups in total. The van der Waals surface area contributed by atoms with Crippen molar-refractivity contribution in [2.75, 3.05) is 23.8 Å². The number of hydrogen-bond donors (Lipinski definition) is 3. The average molecular weight is 377 g/mol. The lowest BCUT2D eigenvalue weighted by Crippen LogP contribution is -2.35. The molecular formula is C18H17F2N3O4. The van der Waals surface area contributed by atoms with Crippen molar-refractivity contribution in [1.82, 2.24) is 5.32 Å². The third-order valence-corrected chi connectivity index (χ3v) is 3.21. The summed E-state index contributed by atoms with van der Waals surface area (Å²) in [5.74, 6) is -3.30. The van der Waals surface area contributed by atoms with Gasteiger partial charge in [-0.15, -0.1) is 0 Å². The first kappa shape index (κ1) is 19.8. The number of benzene rings is 2. The van der Waals surface area contributed by atoms with Crippen LogP contribution in [0.4, 0.5) is 20.2 Å². The zero-order chi connectivity index (χ0) is 19.8. The van der Waals surface area contributed by atoms with Crippen LogP contribution in [0.25, 0.3) is 0 Å². The van der Waals surface area contributed by atoms with Crippen molar-refractivity contribution in [1.29, 1.82) is 0 Å². The number of amides is 3. The van der Waals surface area contributed by atoms with Crippen LogP contribution in [0.5, 0.6) is 5.75 Å². The lowest BCUT2D eigenvalue weighted by atomic mass is 10.3. The van der Waals surface area contributed by atoms with E-state index in [-0.39, 0.29) is 24.7 Å². The predicted octanol–water partition coefficient (Wildman–Crippen LogP) is 2.06. The van der Waals surface area contributed by atoms with Crippen molar-refractivity contribution >= 4 is 29.1 Å². The first-order valence-electron chi connectivity index (χ1n) is 7.86. The van der Waals surface area contributed by atoms with Gasteiger partial charge in [-0.2, -0.15) is 0 Å². The number of rotatable bonds is 7. The minimum absolute atomic E-state index is 0.0635. The molecule has 0 aliphatic carbocycles. The van der Waals surface area contributed by atoms with E-state index in [1.807, 2.05) is 0 Å². The number of carbonyl (C=O) groups excluding carboxylic acids is 3. The molecule has 0 saturated heterocycles. The van der Waals surface area contributed by atoms with E-state index in [0.717, 1.165) is 12.1 Å². The minimum atomic E-state index is -1.09. The van der Waals surface area contributed by atoms with E-state index in [0.29, 0.717) is 11.4 Å². The van der Waals surface area contributed by atoms with Crippen molar-refractivity contribution in [2.24, 2.45) is 0 Å². The molecule has 0 heterocycles. The van der Waals surface area contributed by atoms with Crippen LogP contribution in [-0.4, -0.2) is 30.9 Å². The second-order valence-corrected chi connectivity index (χ2v) is 5.42. The number of ether oxygens (including phenoxy) is 1. The van der Waals surface area contributed by atoms with Crippen molar-refractivity contribution < 1.29 is 27.9 Å². The van der Waals surface area contributed by atoms with Gasteiger partial charge in [0.2, 0.25) is 11.8 Å². The van der Waals surface area contributed by atoms with Gasteiger partial charge in [-0.1, -0.05) is 12.1 Å². The van der Waals surface area contributed by atoms with E-state index in [2.05, 4.69) is 16.0 Å². The summed E-state index contributed by atoms with van der Waals surface area (Å²) in [6, 6.07) is 9.47. The van der Waals surface area contributed by atoms with Crippen molar-refractivity contribution in [2.45, 2.75) is 6.92 Å². The number of halogens is 2. The Bertz CT molecular complexity index is 858. The maximum atomic E-state index is 13.1. The van der Waals surface area contributed by atoms with Gasteiger partial charge in [0.05, 0.1) is 12.2 Å². The Hall–Kier alpha value is -3.49. The number of hydrogen-bond acceptors (Lipinski definition) is 4. The van der Waals surface area contributed by atoms with Crippen LogP contribution in [0.2, 0.25) is 0 Å². The highest BCUT2D eigenvalue weighted by atomic mass is 19.2. The van der Waals surface area contributed by atoms with Crippen LogP contribution < -0.4 is 20.7 Å². The smallest absolute Gasteiger partial charge is 0.258 e. The van der Waals surface area contributed by atoms with Crippen LogP contribution in [0.3, 0.4) is 0 Å². The third-order valence-electron chi connectivity index (χ3n) is 3.21. The first-order chi connectivity index (χ1) is 12.8. The standard InChI is InChI=1S/C18H17F2N3O4/c1-11(24)22-15-4-2-3-5-16(15)27-10-18(26)21-9-17(25)23-12-6-7-13(19)14(20)8-12/h2-8H,9-10H2,1H3,(H,21,26)(H,22,24)(H,23,25). The molecule has 0 aliphatic heterocycles. The summed E-state index contributed by atoms with van der Waals surface area (Å²) in [7, 11) is 0. The van der Waals surface area contributed by atoms with Crippen LogP contribution in [0.15, 0.2) is 42.5 Å². The average Bonchev–Trinajstić information content (AvgIpc) is 2.62. The second-order valence-electron chi connectivity index (χ2n) is 5.42. The molecule has 142 valence electrons. The summed E-state index contributed by atoms with van der Waals surface area (Å²) >= 11 is 0. The Labute approximate surface area is 153 Å². The molecule has 3 amide bonds. The zero-order valence-corrected chi connectivity index (χ0v) is 14.3. The minimum Gasteiger partial charge on any atom is -0.482 e. The molecule has 2 rings (SSSR count). The maximum absolute atomic E-state index is 13.1. The van der Waals surface area contributed by atoms with Gasteiger partial charge in [0, 0.05) is 18.7 Å². The largest absolute Gasteiger partial charge is 0.482 e. The van der Waals surface area contributed by atoms with Crippen LogP contribution >= 0.6 is 0 Å². The normalized spacial score (nSPS) is 10.0. The number of nitrogens with one attached hydrogen (secondary N) is 3. The fourth-order valence-corrected chi connectivity index (χ4v) is 2.04. The van der Waals surface area contributed by atoms with Crippen molar-refractivity contribution in [3.8, 4) is 5.75 Å².